The first kappa shape index (κ1) is 57.1. The molecular formula is C53H100O6. The Labute approximate surface area is 367 Å². The monoisotopic (exact) mass is 833 g/mol. The van der Waals surface area contributed by atoms with Gasteiger partial charge in [-0.05, 0) is 44.9 Å². The number of carbonyl (C=O) groups is 3. The Morgan fingerprint density at radius 2 is 0.559 bits per heavy atom. The van der Waals surface area contributed by atoms with Crippen LogP contribution < -0.4 is 0 Å². The number of ether oxygens (including phenoxy) is 3. The van der Waals surface area contributed by atoms with Crippen LogP contribution in [0.3, 0.4) is 0 Å². The van der Waals surface area contributed by atoms with Crippen LogP contribution in [0, 0.1) is 0 Å². The Bertz CT molecular complexity index is 916. The van der Waals surface area contributed by atoms with Gasteiger partial charge in [-0.25, -0.2) is 0 Å². The standard InChI is InChI=1S/C53H100O6/c1-4-7-10-13-16-19-22-25-28-31-34-37-40-43-46-52(55)58-49-50(48-57-51(54)45-42-39-36-33-30-27-24-21-18-15-12-9-6-3)59-53(56)47-44-41-38-35-32-29-26-23-20-17-14-11-8-5-2/h22,25,50H,4-21,23-24,26-49H2,1-3H3/b25-22+/t50-/m1/s1. The van der Waals surface area contributed by atoms with Gasteiger partial charge >= 0.3 is 17.9 Å². The highest BCUT2D eigenvalue weighted by Gasteiger charge is 2.19. The van der Waals surface area contributed by atoms with Crippen molar-refractivity contribution in [3.05, 3.63) is 12.2 Å². The summed E-state index contributed by atoms with van der Waals surface area (Å²) in [6.07, 6.45) is 53.3. The number of rotatable bonds is 48. The molecule has 348 valence electrons. The third kappa shape index (κ3) is 47.1. The van der Waals surface area contributed by atoms with Gasteiger partial charge in [-0.2, -0.15) is 0 Å². The second kappa shape index (κ2) is 48.8. The van der Waals surface area contributed by atoms with Crippen molar-refractivity contribution in [1.82, 2.24) is 0 Å². The zero-order chi connectivity index (χ0) is 43.0. The van der Waals surface area contributed by atoms with Gasteiger partial charge in [0, 0.05) is 19.3 Å². The van der Waals surface area contributed by atoms with Crippen molar-refractivity contribution in [3.8, 4) is 0 Å². The van der Waals surface area contributed by atoms with E-state index in [1.54, 1.807) is 0 Å². The maximum Gasteiger partial charge on any atom is 0.306 e. The van der Waals surface area contributed by atoms with Crippen molar-refractivity contribution >= 4 is 17.9 Å². The van der Waals surface area contributed by atoms with Gasteiger partial charge in [0.05, 0.1) is 0 Å². The summed E-state index contributed by atoms with van der Waals surface area (Å²) in [5.41, 5.74) is 0. The van der Waals surface area contributed by atoms with Crippen LogP contribution in [0.5, 0.6) is 0 Å². The molecule has 0 radical (unpaired) electrons. The second-order valence-electron chi connectivity index (χ2n) is 17.8. The molecule has 0 N–H and O–H groups in total. The summed E-state index contributed by atoms with van der Waals surface area (Å²) in [4.78, 5) is 37.9. The summed E-state index contributed by atoms with van der Waals surface area (Å²) < 4.78 is 16.8. The maximum absolute atomic E-state index is 12.8. The number of allylic oxidation sites excluding steroid dienone is 2. The Hall–Kier alpha value is -1.85. The Kier molecular flexibility index (Phi) is 47.3. The summed E-state index contributed by atoms with van der Waals surface area (Å²) in [6.45, 7) is 6.66. The summed E-state index contributed by atoms with van der Waals surface area (Å²) in [6, 6.07) is 0. The molecule has 0 heterocycles. The molecule has 0 saturated carbocycles. The normalized spacial score (nSPS) is 12.0. The van der Waals surface area contributed by atoms with Crippen LogP contribution in [0.1, 0.15) is 290 Å². The van der Waals surface area contributed by atoms with Gasteiger partial charge < -0.3 is 14.2 Å². The summed E-state index contributed by atoms with van der Waals surface area (Å²) in [7, 11) is 0. The fourth-order valence-corrected chi connectivity index (χ4v) is 7.79. The molecule has 0 rings (SSSR count). The first-order valence-electron chi connectivity index (χ1n) is 26.2. The molecule has 0 aliphatic heterocycles. The zero-order valence-corrected chi connectivity index (χ0v) is 39.8. The lowest BCUT2D eigenvalue weighted by Gasteiger charge is -2.18. The third-order valence-electron chi connectivity index (χ3n) is 11.8. The molecule has 0 aromatic rings. The van der Waals surface area contributed by atoms with Crippen molar-refractivity contribution in [2.24, 2.45) is 0 Å². The molecule has 0 spiro atoms. The van der Waals surface area contributed by atoms with Gasteiger partial charge in [0.1, 0.15) is 13.2 Å². The predicted octanol–water partition coefficient (Wildman–Crippen LogP) is 17.0. The molecule has 0 aromatic heterocycles. The highest BCUT2D eigenvalue weighted by atomic mass is 16.6. The molecule has 0 bridgehead atoms. The van der Waals surface area contributed by atoms with Gasteiger partial charge in [0.25, 0.3) is 0 Å². The minimum absolute atomic E-state index is 0.0671. The number of esters is 3. The van der Waals surface area contributed by atoms with Crippen LogP contribution >= 0.6 is 0 Å². The van der Waals surface area contributed by atoms with E-state index in [9.17, 15) is 14.4 Å². The lowest BCUT2D eigenvalue weighted by Crippen LogP contribution is -2.30. The molecule has 0 saturated heterocycles. The van der Waals surface area contributed by atoms with Crippen LogP contribution in [0.15, 0.2) is 12.2 Å². The lowest BCUT2D eigenvalue weighted by atomic mass is 10.0. The van der Waals surface area contributed by atoms with Gasteiger partial charge in [-0.3, -0.25) is 14.4 Å². The topological polar surface area (TPSA) is 78.9 Å². The van der Waals surface area contributed by atoms with Crippen molar-refractivity contribution in [2.75, 3.05) is 13.2 Å². The molecule has 0 aliphatic rings. The first-order valence-corrected chi connectivity index (χ1v) is 26.2. The fourth-order valence-electron chi connectivity index (χ4n) is 7.79. The predicted molar refractivity (Wildman–Crippen MR) is 252 cm³/mol. The molecule has 0 fully saturated rings. The average molecular weight is 833 g/mol. The van der Waals surface area contributed by atoms with Crippen LogP contribution in [0.2, 0.25) is 0 Å². The van der Waals surface area contributed by atoms with E-state index < -0.39 is 6.10 Å². The van der Waals surface area contributed by atoms with Gasteiger partial charge in [0.2, 0.25) is 0 Å². The smallest absolute Gasteiger partial charge is 0.306 e. The first-order chi connectivity index (χ1) is 29.0. The molecule has 6 heteroatoms. The minimum Gasteiger partial charge on any atom is -0.462 e. The van der Waals surface area contributed by atoms with Crippen molar-refractivity contribution in [2.45, 2.75) is 297 Å². The van der Waals surface area contributed by atoms with Crippen LogP contribution in [0.25, 0.3) is 0 Å². The Morgan fingerprint density at radius 3 is 0.847 bits per heavy atom. The number of carbonyl (C=O) groups excluding carboxylic acids is 3. The largest absolute Gasteiger partial charge is 0.462 e. The Balaban J connectivity index is 4.34. The Morgan fingerprint density at radius 1 is 0.322 bits per heavy atom. The highest BCUT2D eigenvalue weighted by molar-refractivity contribution is 5.71. The summed E-state index contributed by atoms with van der Waals surface area (Å²) in [5, 5.41) is 0. The van der Waals surface area contributed by atoms with E-state index in [1.807, 2.05) is 0 Å². The maximum atomic E-state index is 12.8. The average Bonchev–Trinajstić information content (AvgIpc) is 3.23. The molecule has 0 aliphatic carbocycles. The molecule has 0 unspecified atom stereocenters. The number of unbranched alkanes of at least 4 members (excludes halogenated alkanes) is 35. The van der Waals surface area contributed by atoms with Crippen molar-refractivity contribution < 1.29 is 28.6 Å². The van der Waals surface area contributed by atoms with E-state index in [0.29, 0.717) is 19.3 Å². The van der Waals surface area contributed by atoms with Crippen LogP contribution in [0.4, 0.5) is 0 Å². The van der Waals surface area contributed by atoms with Crippen LogP contribution in [-0.4, -0.2) is 37.2 Å². The second-order valence-corrected chi connectivity index (χ2v) is 17.8. The summed E-state index contributed by atoms with van der Waals surface area (Å²) in [5.74, 6) is -0.858. The fraction of sp³-hybridized carbons (Fsp3) is 0.906. The molecule has 0 amide bonds. The minimum atomic E-state index is -0.766. The number of hydrogen-bond donors (Lipinski definition) is 0. The van der Waals surface area contributed by atoms with Crippen LogP contribution in [-0.2, 0) is 28.6 Å². The SMILES string of the molecule is CCCCCCC/C=C/CCCCCCCC(=O)OC[C@@H](COC(=O)CCCCCCCCCCCCCCC)OC(=O)CCCCCCCCCCCCCCCC. The zero-order valence-electron chi connectivity index (χ0n) is 39.8. The number of hydrogen-bond acceptors (Lipinski definition) is 6. The van der Waals surface area contributed by atoms with E-state index in [4.69, 9.17) is 14.2 Å². The van der Waals surface area contributed by atoms with Gasteiger partial charge in [-0.15, -0.1) is 0 Å². The quantitative estimate of drug-likeness (QED) is 0.0263. The summed E-state index contributed by atoms with van der Waals surface area (Å²) >= 11 is 0. The van der Waals surface area contributed by atoms with E-state index in [2.05, 4.69) is 32.9 Å². The lowest BCUT2D eigenvalue weighted by molar-refractivity contribution is -0.167. The highest BCUT2D eigenvalue weighted by Crippen LogP contribution is 2.16. The third-order valence-corrected chi connectivity index (χ3v) is 11.8. The molecule has 59 heavy (non-hydrogen) atoms. The van der Waals surface area contributed by atoms with E-state index in [-0.39, 0.29) is 31.1 Å². The van der Waals surface area contributed by atoms with E-state index in [0.717, 1.165) is 64.2 Å². The van der Waals surface area contributed by atoms with E-state index in [1.165, 1.54) is 186 Å². The van der Waals surface area contributed by atoms with E-state index >= 15 is 0 Å². The molecule has 0 aromatic carbocycles. The van der Waals surface area contributed by atoms with Crippen molar-refractivity contribution in [3.63, 3.8) is 0 Å². The van der Waals surface area contributed by atoms with Gasteiger partial charge in [0.15, 0.2) is 6.10 Å². The molecule has 1 atom stereocenters. The molecular weight excluding hydrogens is 733 g/mol. The van der Waals surface area contributed by atoms with Crippen molar-refractivity contribution in [1.29, 1.82) is 0 Å². The van der Waals surface area contributed by atoms with Gasteiger partial charge in [-0.1, -0.05) is 238 Å². The molecule has 6 nitrogen and oxygen atoms in total.